The van der Waals surface area contributed by atoms with Crippen molar-refractivity contribution in [3.05, 3.63) is 65.0 Å². The number of ether oxygens (including phenoxy) is 2. The van der Waals surface area contributed by atoms with Gasteiger partial charge < -0.3 is 9.84 Å². The molecule has 0 saturated carbocycles. The molecule has 1 aliphatic heterocycles. The number of hydrogen-bond donors (Lipinski definition) is 1. The molecule has 3 rings (SSSR count). The normalized spacial score (nSPS) is 14.6. The SMILES string of the molecule is CC(C)(O)[C@@H](CC(=O)Cc1cc2c(cn1)C(OCCOC(F)(F)F)=NC2)c1ccccc1. The molecule has 1 atom stereocenters. The van der Waals surface area contributed by atoms with Gasteiger partial charge in [-0.1, -0.05) is 30.3 Å². The molecule has 0 aliphatic carbocycles. The van der Waals surface area contributed by atoms with Gasteiger partial charge in [0.15, 0.2) is 0 Å². The largest absolute Gasteiger partial charge is 0.522 e. The molecule has 0 spiro atoms. The summed E-state index contributed by atoms with van der Waals surface area (Å²) in [7, 11) is 0. The van der Waals surface area contributed by atoms with E-state index in [2.05, 4.69) is 14.7 Å². The molecule has 2 heterocycles. The molecular weight excluding hydrogens is 425 g/mol. The molecular formula is C23H25F3N2O4. The molecule has 1 aromatic carbocycles. The molecule has 9 heteroatoms. The number of carbonyl (C=O) groups excluding carboxylic acids is 1. The van der Waals surface area contributed by atoms with E-state index in [1.165, 1.54) is 6.20 Å². The minimum Gasteiger partial charge on any atom is -0.475 e. The molecule has 1 aliphatic rings. The van der Waals surface area contributed by atoms with Crippen molar-refractivity contribution in [3.8, 4) is 0 Å². The number of benzene rings is 1. The van der Waals surface area contributed by atoms with E-state index in [1.54, 1.807) is 19.9 Å². The number of fused-ring (bicyclic) bond motifs is 1. The fourth-order valence-electron chi connectivity index (χ4n) is 3.59. The molecule has 6 nitrogen and oxygen atoms in total. The quantitative estimate of drug-likeness (QED) is 0.585. The summed E-state index contributed by atoms with van der Waals surface area (Å²) in [5.74, 6) is -0.205. The Balaban J connectivity index is 1.59. The summed E-state index contributed by atoms with van der Waals surface area (Å²) >= 11 is 0. The summed E-state index contributed by atoms with van der Waals surface area (Å²) in [6.45, 7) is 2.73. The Hall–Kier alpha value is -2.78. The number of aromatic nitrogens is 1. The first kappa shape index (κ1) is 23.9. The van der Waals surface area contributed by atoms with Crippen molar-refractivity contribution in [1.29, 1.82) is 0 Å². The van der Waals surface area contributed by atoms with Gasteiger partial charge >= 0.3 is 6.36 Å². The average Bonchev–Trinajstić information content (AvgIpc) is 3.11. The number of rotatable bonds is 9. The zero-order valence-electron chi connectivity index (χ0n) is 17.9. The van der Waals surface area contributed by atoms with Crippen LogP contribution in [0.5, 0.6) is 0 Å². The first-order chi connectivity index (χ1) is 15.0. The second kappa shape index (κ2) is 9.79. The van der Waals surface area contributed by atoms with E-state index >= 15 is 0 Å². The van der Waals surface area contributed by atoms with Crippen LogP contribution in [0.1, 0.15) is 48.6 Å². The van der Waals surface area contributed by atoms with Crippen molar-refractivity contribution in [2.45, 2.75) is 51.1 Å². The number of alkyl halides is 3. The number of halogens is 3. The Kier molecular flexibility index (Phi) is 7.30. The van der Waals surface area contributed by atoms with Crippen LogP contribution in [0.3, 0.4) is 0 Å². The predicted octanol–water partition coefficient (Wildman–Crippen LogP) is 3.95. The Morgan fingerprint density at radius 1 is 1.19 bits per heavy atom. The molecule has 172 valence electrons. The van der Waals surface area contributed by atoms with Crippen molar-refractivity contribution < 1.29 is 32.5 Å². The minimum atomic E-state index is -4.70. The summed E-state index contributed by atoms with van der Waals surface area (Å²) in [5.41, 5.74) is 1.76. The Morgan fingerprint density at radius 3 is 2.56 bits per heavy atom. The van der Waals surface area contributed by atoms with Gasteiger partial charge in [0.05, 0.1) is 24.3 Å². The van der Waals surface area contributed by atoms with Crippen LogP contribution in [-0.4, -0.2) is 46.9 Å². The average molecular weight is 450 g/mol. The maximum atomic E-state index is 12.8. The summed E-state index contributed by atoms with van der Waals surface area (Å²) in [6.07, 6.45) is -2.93. The number of Topliss-reactive ketones (excluding diaryl/α,β-unsaturated/α-hetero) is 1. The maximum absolute atomic E-state index is 12.8. The van der Waals surface area contributed by atoms with E-state index in [0.717, 1.165) is 11.1 Å². The zero-order chi connectivity index (χ0) is 23.4. The van der Waals surface area contributed by atoms with Crippen LogP contribution >= 0.6 is 0 Å². The number of aliphatic hydroxyl groups is 1. The molecule has 0 fully saturated rings. The molecule has 0 unspecified atom stereocenters. The highest BCUT2D eigenvalue weighted by Gasteiger charge is 2.31. The highest BCUT2D eigenvalue weighted by Crippen LogP contribution is 2.32. The Morgan fingerprint density at radius 2 is 1.91 bits per heavy atom. The van der Waals surface area contributed by atoms with E-state index in [9.17, 15) is 23.1 Å². The lowest BCUT2D eigenvalue weighted by Crippen LogP contribution is -2.31. The van der Waals surface area contributed by atoms with Crippen molar-refractivity contribution in [1.82, 2.24) is 4.98 Å². The summed E-state index contributed by atoms with van der Waals surface area (Å²) in [4.78, 5) is 21.2. The molecule has 2 aromatic rings. The third-order valence-electron chi connectivity index (χ3n) is 5.12. The van der Waals surface area contributed by atoms with Crippen LogP contribution in [0, 0.1) is 0 Å². The maximum Gasteiger partial charge on any atom is 0.522 e. The van der Waals surface area contributed by atoms with E-state index < -0.39 is 18.6 Å². The van der Waals surface area contributed by atoms with Crippen molar-refractivity contribution in [2.24, 2.45) is 4.99 Å². The van der Waals surface area contributed by atoms with Gasteiger partial charge in [-0.25, -0.2) is 4.99 Å². The summed E-state index contributed by atoms with van der Waals surface area (Å²) in [6, 6.07) is 11.2. The second-order valence-electron chi connectivity index (χ2n) is 8.13. The van der Waals surface area contributed by atoms with Crippen LogP contribution in [0.2, 0.25) is 0 Å². The lowest BCUT2D eigenvalue weighted by molar-refractivity contribution is -0.325. The summed E-state index contributed by atoms with van der Waals surface area (Å²) < 4.78 is 45.0. The molecule has 1 aromatic heterocycles. The monoisotopic (exact) mass is 450 g/mol. The van der Waals surface area contributed by atoms with Crippen molar-refractivity contribution in [3.63, 3.8) is 0 Å². The van der Waals surface area contributed by atoms with E-state index in [-0.39, 0.29) is 37.0 Å². The molecule has 1 N–H and O–H groups in total. The second-order valence-corrected chi connectivity index (χ2v) is 8.13. The van der Waals surface area contributed by atoms with E-state index in [1.807, 2.05) is 30.3 Å². The smallest absolute Gasteiger partial charge is 0.475 e. The highest BCUT2D eigenvalue weighted by atomic mass is 19.4. The van der Waals surface area contributed by atoms with E-state index in [0.29, 0.717) is 17.8 Å². The standard InChI is InChI=1S/C23H25F3N2O4/c1-22(2,30)20(15-6-4-3-5-7-15)12-18(29)11-17-10-16-13-28-21(19(16)14-27-17)31-8-9-32-23(24,25)26/h3-7,10,14,20,30H,8-9,11-13H2,1-2H3/t20-/m0/s1. The zero-order valence-corrected chi connectivity index (χ0v) is 17.9. The van der Waals surface area contributed by atoms with Gasteiger partial charge in [0.1, 0.15) is 12.4 Å². The number of nitrogens with zero attached hydrogens (tertiary/aromatic N) is 2. The van der Waals surface area contributed by atoms with Gasteiger partial charge in [0.2, 0.25) is 5.90 Å². The highest BCUT2D eigenvalue weighted by molar-refractivity contribution is 5.97. The third-order valence-corrected chi connectivity index (χ3v) is 5.12. The van der Waals surface area contributed by atoms with Gasteiger partial charge in [0.25, 0.3) is 0 Å². The van der Waals surface area contributed by atoms with Gasteiger partial charge in [-0.05, 0) is 31.0 Å². The van der Waals surface area contributed by atoms with E-state index in [4.69, 9.17) is 4.74 Å². The lowest BCUT2D eigenvalue weighted by Gasteiger charge is -2.29. The van der Waals surface area contributed by atoms with Crippen LogP contribution in [-0.2, 0) is 27.2 Å². The van der Waals surface area contributed by atoms with Crippen LogP contribution in [0.25, 0.3) is 0 Å². The summed E-state index contributed by atoms with van der Waals surface area (Å²) in [5, 5.41) is 10.6. The van der Waals surface area contributed by atoms with Gasteiger partial charge in [-0.15, -0.1) is 13.2 Å². The number of carbonyl (C=O) groups is 1. The Labute approximate surface area is 184 Å². The van der Waals surface area contributed by atoms with Crippen LogP contribution in [0.15, 0.2) is 47.6 Å². The molecule has 32 heavy (non-hydrogen) atoms. The molecule has 0 saturated heterocycles. The first-order valence-corrected chi connectivity index (χ1v) is 10.2. The van der Waals surface area contributed by atoms with Crippen LogP contribution < -0.4 is 0 Å². The topological polar surface area (TPSA) is 81.0 Å². The minimum absolute atomic E-state index is 0.0619. The Bertz CT molecular complexity index is 969. The van der Waals surface area contributed by atoms with Crippen molar-refractivity contribution in [2.75, 3.05) is 13.2 Å². The molecule has 0 amide bonds. The van der Waals surface area contributed by atoms with Gasteiger partial charge in [-0.2, -0.15) is 0 Å². The van der Waals surface area contributed by atoms with Crippen LogP contribution in [0.4, 0.5) is 13.2 Å². The number of aliphatic imine (C=N–C) groups is 1. The molecule has 0 bridgehead atoms. The number of pyridine rings is 1. The predicted molar refractivity (Wildman–Crippen MR) is 111 cm³/mol. The lowest BCUT2D eigenvalue weighted by atomic mass is 9.80. The van der Waals surface area contributed by atoms with Crippen molar-refractivity contribution >= 4 is 11.7 Å². The number of hydrogen-bond acceptors (Lipinski definition) is 6. The molecule has 0 radical (unpaired) electrons. The fourth-order valence-corrected chi connectivity index (χ4v) is 3.59. The third kappa shape index (κ3) is 6.61. The fraction of sp³-hybridized carbons (Fsp3) is 0.435. The van der Waals surface area contributed by atoms with Gasteiger partial charge in [-0.3, -0.25) is 14.5 Å². The van der Waals surface area contributed by atoms with Gasteiger partial charge in [0, 0.05) is 30.7 Å². The first-order valence-electron chi connectivity index (χ1n) is 10.2. The number of ketones is 1.